The predicted octanol–water partition coefficient (Wildman–Crippen LogP) is 2.86. The average Bonchev–Trinajstić information content (AvgIpc) is 2.68. The number of rotatable bonds is 6. The molecule has 0 spiro atoms. The lowest BCUT2D eigenvalue weighted by molar-refractivity contribution is -0.122. The van der Waals surface area contributed by atoms with Gasteiger partial charge in [-0.15, -0.1) is 0 Å². The van der Waals surface area contributed by atoms with Crippen molar-refractivity contribution in [1.29, 1.82) is 0 Å². The highest BCUT2D eigenvalue weighted by atomic mass is 16.5. The molecule has 0 saturated carbocycles. The van der Waals surface area contributed by atoms with Gasteiger partial charge in [-0.1, -0.05) is 0 Å². The van der Waals surface area contributed by atoms with Gasteiger partial charge in [-0.2, -0.15) is 0 Å². The molecular formula is C20H23N3O5. The van der Waals surface area contributed by atoms with Crippen molar-refractivity contribution < 1.29 is 23.8 Å². The first-order valence-corrected chi connectivity index (χ1v) is 8.82. The SMILES string of the molecule is COc1ccc(NC(=O)[C@@H](C)Nc2ccc3c(c2)NC(=O)[C@@H](C)O3)cc1OC. The fourth-order valence-electron chi connectivity index (χ4n) is 2.78. The Hall–Kier alpha value is -3.42. The number of carbonyl (C=O) groups excluding carboxylic acids is 2. The van der Waals surface area contributed by atoms with E-state index in [4.69, 9.17) is 14.2 Å². The van der Waals surface area contributed by atoms with Crippen molar-refractivity contribution >= 4 is 28.9 Å². The number of anilines is 3. The third-order valence-electron chi connectivity index (χ3n) is 4.34. The summed E-state index contributed by atoms with van der Waals surface area (Å²) in [5, 5.41) is 8.73. The molecule has 0 saturated heterocycles. The van der Waals surface area contributed by atoms with Gasteiger partial charge in [-0.05, 0) is 44.2 Å². The van der Waals surface area contributed by atoms with E-state index in [9.17, 15) is 9.59 Å². The predicted molar refractivity (Wildman–Crippen MR) is 106 cm³/mol. The van der Waals surface area contributed by atoms with E-state index in [1.807, 2.05) is 0 Å². The first kappa shape index (κ1) is 19.3. The van der Waals surface area contributed by atoms with Crippen LogP contribution in [0.5, 0.6) is 17.2 Å². The van der Waals surface area contributed by atoms with Crippen molar-refractivity contribution in [2.45, 2.75) is 26.0 Å². The molecule has 148 valence electrons. The summed E-state index contributed by atoms with van der Waals surface area (Å²) in [6, 6.07) is 9.91. The standard InChI is InChI=1S/C20H23N3O5/c1-11(19(24)22-14-6-8-17(26-3)18(10-14)27-4)21-13-5-7-16-15(9-13)23-20(25)12(2)28-16/h5-12,21H,1-4H3,(H,22,24)(H,23,25)/t11-,12-/m1/s1. The molecule has 0 bridgehead atoms. The Kier molecular flexibility index (Phi) is 5.58. The second kappa shape index (κ2) is 8.08. The van der Waals surface area contributed by atoms with Crippen molar-refractivity contribution in [3.8, 4) is 17.2 Å². The fraction of sp³-hybridized carbons (Fsp3) is 0.300. The number of benzene rings is 2. The number of ether oxygens (including phenoxy) is 3. The van der Waals surface area contributed by atoms with E-state index in [-0.39, 0.29) is 11.8 Å². The maximum atomic E-state index is 12.5. The normalized spacial score (nSPS) is 16.1. The molecule has 0 aromatic heterocycles. The van der Waals surface area contributed by atoms with E-state index < -0.39 is 12.1 Å². The van der Waals surface area contributed by atoms with Crippen molar-refractivity contribution in [1.82, 2.24) is 0 Å². The maximum absolute atomic E-state index is 12.5. The van der Waals surface area contributed by atoms with Gasteiger partial charge in [0.1, 0.15) is 11.8 Å². The van der Waals surface area contributed by atoms with E-state index in [0.29, 0.717) is 34.3 Å². The van der Waals surface area contributed by atoms with Gasteiger partial charge in [0.2, 0.25) is 5.91 Å². The zero-order chi connectivity index (χ0) is 20.3. The first-order valence-electron chi connectivity index (χ1n) is 8.82. The summed E-state index contributed by atoms with van der Waals surface area (Å²) in [7, 11) is 3.09. The summed E-state index contributed by atoms with van der Waals surface area (Å²) in [6.07, 6.45) is -0.530. The summed E-state index contributed by atoms with van der Waals surface area (Å²) in [6.45, 7) is 3.43. The maximum Gasteiger partial charge on any atom is 0.265 e. The van der Waals surface area contributed by atoms with Crippen molar-refractivity contribution in [3.63, 3.8) is 0 Å². The van der Waals surface area contributed by atoms with Crippen LogP contribution in [-0.4, -0.2) is 38.2 Å². The fourth-order valence-corrected chi connectivity index (χ4v) is 2.78. The molecule has 0 aliphatic carbocycles. The number of fused-ring (bicyclic) bond motifs is 1. The minimum absolute atomic E-state index is 0.205. The van der Waals surface area contributed by atoms with Crippen molar-refractivity contribution in [2.75, 3.05) is 30.2 Å². The largest absolute Gasteiger partial charge is 0.493 e. The average molecular weight is 385 g/mol. The molecule has 2 atom stereocenters. The Bertz CT molecular complexity index is 899. The molecule has 2 amide bonds. The van der Waals surface area contributed by atoms with Gasteiger partial charge in [0, 0.05) is 17.4 Å². The number of methoxy groups -OCH3 is 2. The Morgan fingerprint density at radius 3 is 2.54 bits per heavy atom. The minimum Gasteiger partial charge on any atom is -0.493 e. The van der Waals surface area contributed by atoms with Crippen LogP contribution in [0.3, 0.4) is 0 Å². The van der Waals surface area contributed by atoms with Gasteiger partial charge in [0.05, 0.1) is 19.9 Å². The minimum atomic E-state index is -0.530. The van der Waals surface area contributed by atoms with Crippen LogP contribution < -0.4 is 30.2 Å². The molecule has 0 radical (unpaired) electrons. The molecule has 0 unspecified atom stereocenters. The lowest BCUT2D eigenvalue weighted by atomic mass is 10.2. The highest BCUT2D eigenvalue weighted by molar-refractivity contribution is 5.99. The van der Waals surface area contributed by atoms with Crippen molar-refractivity contribution in [3.05, 3.63) is 36.4 Å². The van der Waals surface area contributed by atoms with E-state index in [1.54, 1.807) is 57.4 Å². The Morgan fingerprint density at radius 2 is 1.82 bits per heavy atom. The summed E-state index contributed by atoms with van der Waals surface area (Å²) in [4.78, 5) is 24.3. The molecule has 28 heavy (non-hydrogen) atoms. The number of carbonyl (C=O) groups is 2. The van der Waals surface area contributed by atoms with E-state index in [1.165, 1.54) is 7.11 Å². The van der Waals surface area contributed by atoms with Crippen LogP contribution in [0, 0.1) is 0 Å². The molecule has 8 nitrogen and oxygen atoms in total. The van der Waals surface area contributed by atoms with Crippen LogP contribution in [0.25, 0.3) is 0 Å². The van der Waals surface area contributed by atoms with Gasteiger partial charge >= 0.3 is 0 Å². The Labute approximate surface area is 163 Å². The van der Waals surface area contributed by atoms with E-state index in [2.05, 4.69) is 16.0 Å². The summed E-state index contributed by atoms with van der Waals surface area (Å²) in [5.74, 6) is 1.28. The van der Waals surface area contributed by atoms with Crippen LogP contribution >= 0.6 is 0 Å². The summed E-state index contributed by atoms with van der Waals surface area (Å²) < 4.78 is 16.0. The first-order chi connectivity index (χ1) is 13.4. The Morgan fingerprint density at radius 1 is 1.11 bits per heavy atom. The molecule has 1 heterocycles. The molecule has 3 N–H and O–H groups in total. The lowest BCUT2D eigenvalue weighted by Crippen LogP contribution is -2.34. The van der Waals surface area contributed by atoms with Gasteiger partial charge in [0.15, 0.2) is 17.6 Å². The molecular weight excluding hydrogens is 362 g/mol. The second-order valence-corrected chi connectivity index (χ2v) is 6.39. The monoisotopic (exact) mass is 385 g/mol. The molecule has 8 heteroatoms. The van der Waals surface area contributed by atoms with E-state index >= 15 is 0 Å². The number of hydrogen-bond acceptors (Lipinski definition) is 6. The molecule has 2 aromatic carbocycles. The second-order valence-electron chi connectivity index (χ2n) is 6.39. The third kappa shape index (κ3) is 4.11. The van der Waals surface area contributed by atoms with Gasteiger partial charge < -0.3 is 30.2 Å². The molecule has 3 rings (SSSR count). The molecule has 0 fully saturated rings. The zero-order valence-electron chi connectivity index (χ0n) is 16.2. The van der Waals surface area contributed by atoms with Crippen LogP contribution in [0.15, 0.2) is 36.4 Å². The van der Waals surface area contributed by atoms with E-state index in [0.717, 1.165) is 0 Å². The molecule has 2 aromatic rings. The van der Waals surface area contributed by atoms with Gasteiger partial charge in [-0.25, -0.2) is 0 Å². The summed E-state index contributed by atoms with van der Waals surface area (Å²) in [5.41, 5.74) is 1.85. The number of hydrogen-bond donors (Lipinski definition) is 3. The summed E-state index contributed by atoms with van der Waals surface area (Å²) >= 11 is 0. The van der Waals surface area contributed by atoms with Crippen LogP contribution in [0.1, 0.15) is 13.8 Å². The Balaban J connectivity index is 1.66. The number of nitrogens with one attached hydrogen (secondary N) is 3. The van der Waals surface area contributed by atoms with Crippen LogP contribution in [-0.2, 0) is 9.59 Å². The lowest BCUT2D eigenvalue weighted by Gasteiger charge is -2.24. The quantitative estimate of drug-likeness (QED) is 0.707. The molecule has 1 aliphatic rings. The third-order valence-corrected chi connectivity index (χ3v) is 4.34. The van der Waals surface area contributed by atoms with Crippen LogP contribution in [0.4, 0.5) is 17.1 Å². The van der Waals surface area contributed by atoms with Gasteiger partial charge in [0.25, 0.3) is 5.91 Å². The highest BCUT2D eigenvalue weighted by Gasteiger charge is 2.24. The highest BCUT2D eigenvalue weighted by Crippen LogP contribution is 2.32. The molecule has 1 aliphatic heterocycles. The topological polar surface area (TPSA) is 97.9 Å². The van der Waals surface area contributed by atoms with Crippen molar-refractivity contribution in [2.24, 2.45) is 0 Å². The number of amides is 2. The zero-order valence-corrected chi connectivity index (χ0v) is 16.2. The van der Waals surface area contributed by atoms with Gasteiger partial charge in [-0.3, -0.25) is 9.59 Å². The van der Waals surface area contributed by atoms with Crippen LogP contribution in [0.2, 0.25) is 0 Å². The smallest absolute Gasteiger partial charge is 0.265 e.